The second-order valence-corrected chi connectivity index (χ2v) is 3.41. The van der Waals surface area contributed by atoms with Crippen LogP contribution in [0, 0.1) is 5.92 Å². The summed E-state index contributed by atoms with van der Waals surface area (Å²) < 4.78 is 14.2. The molecule has 1 N–H and O–H groups in total. The molecule has 1 unspecified atom stereocenters. The van der Waals surface area contributed by atoms with Crippen molar-refractivity contribution in [2.75, 3.05) is 27.2 Å². The minimum absolute atomic E-state index is 0.204. The molecule has 0 saturated heterocycles. The number of halogens is 1. The van der Waals surface area contributed by atoms with Crippen LogP contribution < -0.4 is 4.72 Å². The third-order valence-corrected chi connectivity index (χ3v) is 1.90. The van der Waals surface area contributed by atoms with Crippen molar-refractivity contribution in [3.05, 3.63) is 0 Å². The van der Waals surface area contributed by atoms with E-state index in [-0.39, 0.29) is 12.3 Å². The summed E-state index contributed by atoms with van der Waals surface area (Å²) in [6.07, 6.45) is 1.09. The molecule has 0 aliphatic heterocycles. The molecule has 0 aromatic rings. The van der Waals surface area contributed by atoms with Crippen molar-refractivity contribution in [1.82, 2.24) is 9.62 Å². The van der Waals surface area contributed by atoms with Crippen molar-refractivity contribution in [1.29, 1.82) is 0 Å². The number of hydrogen-bond donors (Lipinski definition) is 1. The molecule has 0 rings (SSSR count). The fourth-order valence-electron chi connectivity index (χ4n) is 1.00. The van der Waals surface area contributed by atoms with E-state index in [2.05, 4.69) is 16.5 Å². The van der Waals surface area contributed by atoms with Crippen LogP contribution in [0.15, 0.2) is 0 Å². The van der Waals surface area contributed by atoms with Crippen molar-refractivity contribution >= 4 is 12.3 Å². The summed E-state index contributed by atoms with van der Waals surface area (Å²) in [7, 11) is 4.07. The average molecular weight is 180 g/mol. The minimum Gasteiger partial charge on any atom is -0.309 e. The van der Waals surface area contributed by atoms with Crippen LogP contribution in [0.5, 0.6) is 0 Å². The maximum Gasteiger partial charge on any atom is 0.131 e. The lowest BCUT2D eigenvalue weighted by molar-refractivity contribution is 0.319. The minimum atomic E-state index is 0.204. The van der Waals surface area contributed by atoms with Crippen molar-refractivity contribution in [3.63, 3.8) is 0 Å². The van der Waals surface area contributed by atoms with Crippen LogP contribution in [0.2, 0.25) is 0 Å². The van der Waals surface area contributed by atoms with E-state index < -0.39 is 0 Å². The second-order valence-electron chi connectivity index (χ2n) is 2.96. The zero-order chi connectivity index (χ0) is 8.69. The van der Waals surface area contributed by atoms with E-state index >= 15 is 0 Å². The number of rotatable bonds is 6. The molecule has 1 atom stereocenters. The van der Waals surface area contributed by atoms with Gasteiger partial charge >= 0.3 is 0 Å². The van der Waals surface area contributed by atoms with E-state index in [1.807, 2.05) is 14.1 Å². The first-order valence-electron chi connectivity index (χ1n) is 3.85. The maximum atomic E-state index is 11.6. The Hall–Kier alpha value is 0.200. The fourth-order valence-corrected chi connectivity index (χ4v) is 1.30. The summed E-state index contributed by atoms with van der Waals surface area (Å²) in [5, 5.41) is 0. The molecule has 0 amide bonds. The molecule has 2 nitrogen and oxygen atoms in total. The van der Waals surface area contributed by atoms with Gasteiger partial charge in [0.2, 0.25) is 0 Å². The highest BCUT2D eigenvalue weighted by atomic mass is 32.2. The van der Waals surface area contributed by atoms with Gasteiger partial charge in [-0.05, 0) is 20.0 Å². The van der Waals surface area contributed by atoms with Gasteiger partial charge in [0.25, 0.3) is 0 Å². The van der Waals surface area contributed by atoms with E-state index in [9.17, 15) is 3.89 Å². The third-order valence-electron chi connectivity index (χ3n) is 1.63. The zero-order valence-corrected chi connectivity index (χ0v) is 8.25. The van der Waals surface area contributed by atoms with Crippen molar-refractivity contribution in [2.24, 2.45) is 5.92 Å². The van der Waals surface area contributed by atoms with E-state index in [0.717, 1.165) is 19.5 Å². The number of nitrogens with one attached hydrogen (secondary N) is 1. The standard InChI is InChI=1S/C7H17FN2S/c1-4-7(5-9-11-8)6-10(2)3/h7,9H,4-6H2,1-3H3. The van der Waals surface area contributed by atoms with Crippen LogP contribution >= 0.6 is 12.3 Å². The Morgan fingerprint density at radius 1 is 1.55 bits per heavy atom. The molecule has 0 aliphatic carbocycles. The Balaban J connectivity index is 3.41. The molecule has 0 fully saturated rings. The predicted molar refractivity (Wildman–Crippen MR) is 49.0 cm³/mol. The fraction of sp³-hybridized carbons (Fsp3) is 1.00. The van der Waals surface area contributed by atoms with Gasteiger partial charge in [0.15, 0.2) is 0 Å². The molecule has 0 aromatic carbocycles. The first-order valence-corrected chi connectivity index (χ1v) is 4.57. The summed E-state index contributed by atoms with van der Waals surface area (Å²) in [5.41, 5.74) is 0. The molecule has 0 bridgehead atoms. The Kier molecular flexibility index (Phi) is 7.01. The lowest BCUT2D eigenvalue weighted by atomic mass is 10.1. The van der Waals surface area contributed by atoms with Crippen LogP contribution in [0.1, 0.15) is 13.3 Å². The van der Waals surface area contributed by atoms with Gasteiger partial charge in [0.1, 0.15) is 12.3 Å². The number of hydrogen-bond acceptors (Lipinski definition) is 3. The van der Waals surface area contributed by atoms with Crippen molar-refractivity contribution in [3.8, 4) is 0 Å². The SMILES string of the molecule is CCC(CNSF)CN(C)C. The Labute approximate surface area is 73.0 Å². The van der Waals surface area contributed by atoms with Gasteiger partial charge < -0.3 is 4.90 Å². The largest absolute Gasteiger partial charge is 0.309 e. The van der Waals surface area contributed by atoms with E-state index in [0.29, 0.717) is 5.92 Å². The van der Waals surface area contributed by atoms with Crippen LogP contribution in [0.3, 0.4) is 0 Å². The smallest absolute Gasteiger partial charge is 0.131 e. The Bertz CT molecular complexity index is 90.5. The summed E-state index contributed by atoms with van der Waals surface area (Å²) in [6, 6.07) is 0. The van der Waals surface area contributed by atoms with Gasteiger partial charge in [-0.1, -0.05) is 13.3 Å². The van der Waals surface area contributed by atoms with Crippen LogP contribution in [-0.2, 0) is 0 Å². The van der Waals surface area contributed by atoms with Gasteiger partial charge in [-0.25, -0.2) is 4.72 Å². The van der Waals surface area contributed by atoms with Crippen LogP contribution in [-0.4, -0.2) is 32.1 Å². The van der Waals surface area contributed by atoms with Gasteiger partial charge in [-0.15, -0.1) is 3.89 Å². The molecular formula is C7H17FN2S. The normalized spacial score (nSPS) is 13.9. The average Bonchev–Trinajstić information content (AvgIpc) is 1.97. The summed E-state index contributed by atoms with van der Waals surface area (Å²) in [5.74, 6) is 0.549. The second kappa shape index (κ2) is 6.88. The molecule has 0 aliphatic rings. The van der Waals surface area contributed by atoms with E-state index in [4.69, 9.17) is 0 Å². The first-order chi connectivity index (χ1) is 5.20. The molecule has 0 heterocycles. The molecule has 0 spiro atoms. The molecule has 0 aromatic heterocycles. The van der Waals surface area contributed by atoms with Gasteiger partial charge in [0.05, 0.1) is 0 Å². The Morgan fingerprint density at radius 3 is 2.55 bits per heavy atom. The molecule has 0 saturated carbocycles. The third kappa shape index (κ3) is 6.59. The quantitative estimate of drug-likeness (QED) is 0.626. The topological polar surface area (TPSA) is 15.3 Å². The molecule has 11 heavy (non-hydrogen) atoms. The zero-order valence-electron chi connectivity index (χ0n) is 7.43. The van der Waals surface area contributed by atoms with Gasteiger partial charge in [0, 0.05) is 13.1 Å². The lowest BCUT2D eigenvalue weighted by Crippen LogP contribution is -2.27. The monoisotopic (exact) mass is 180 g/mol. The van der Waals surface area contributed by atoms with Crippen LogP contribution in [0.4, 0.5) is 3.89 Å². The number of nitrogens with zero attached hydrogens (tertiary/aromatic N) is 1. The van der Waals surface area contributed by atoms with Crippen molar-refractivity contribution in [2.45, 2.75) is 13.3 Å². The summed E-state index contributed by atoms with van der Waals surface area (Å²) in [6.45, 7) is 3.89. The molecular weight excluding hydrogens is 163 g/mol. The van der Waals surface area contributed by atoms with Gasteiger partial charge in [-0.3, -0.25) is 0 Å². The lowest BCUT2D eigenvalue weighted by Gasteiger charge is -2.18. The van der Waals surface area contributed by atoms with Crippen LogP contribution in [0.25, 0.3) is 0 Å². The molecule has 68 valence electrons. The highest BCUT2D eigenvalue weighted by molar-refractivity contribution is 7.92. The van der Waals surface area contributed by atoms with E-state index in [1.54, 1.807) is 0 Å². The maximum absolute atomic E-state index is 11.6. The van der Waals surface area contributed by atoms with Gasteiger partial charge in [-0.2, -0.15) is 0 Å². The van der Waals surface area contributed by atoms with Crippen molar-refractivity contribution < 1.29 is 3.89 Å². The highest BCUT2D eigenvalue weighted by Crippen LogP contribution is 2.04. The highest BCUT2D eigenvalue weighted by Gasteiger charge is 2.06. The summed E-state index contributed by atoms with van der Waals surface area (Å²) >= 11 is 0.204. The Morgan fingerprint density at radius 2 is 2.18 bits per heavy atom. The predicted octanol–water partition coefficient (Wildman–Crippen LogP) is 1.70. The first kappa shape index (κ1) is 11.2. The molecule has 0 radical (unpaired) electrons. The van der Waals surface area contributed by atoms with E-state index in [1.165, 1.54) is 0 Å². The molecule has 4 heteroatoms. The summed E-state index contributed by atoms with van der Waals surface area (Å²) in [4.78, 5) is 2.12.